The Morgan fingerprint density at radius 1 is 1.43 bits per heavy atom. The minimum atomic E-state index is -0.129. The van der Waals surface area contributed by atoms with E-state index in [1.807, 2.05) is 0 Å². The van der Waals surface area contributed by atoms with Crippen molar-refractivity contribution in [1.29, 1.82) is 5.26 Å². The first-order valence-electron chi connectivity index (χ1n) is 7.14. The van der Waals surface area contributed by atoms with E-state index in [2.05, 4.69) is 21.3 Å². The van der Waals surface area contributed by atoms with E-state index in [0.717, 1.165) is 25.2 Å². The summed E-state index contributed by atoms with van der Waals surface area (Å²) in [4.78, 5) is 18.9. The van der Waals surface area contributed by atoms with E-state index < -0.39 is 0 Å². The van der Waals surface area contributed by atoms with Crippen molar-refractivity contribution in [3.8, 4) is 6.07 Å². The van der Waals surface area contributed by atoms with Crippen LogP contribution in [0.15, 0.2) is 24.7 Å². The summed E-state index contributed by atoms with van der Waals surface area (Å²) in [6, 6.07) is 5.81. The van der Waals surface area contributed by atoms with Crippen LogP contribution >= 0.6 is 0 Å². The first-order chi connectivity index (χ1) is 10.2. The normalized spacial score (nSPS) is 26.9. The smallest absolute Gasteiger partial charge is 0.270 e. The van der Waals surface area contributed by atoms with Crippen LogP contribution in [0.1, 0.15) is 22.5 Å². The second-order valence-corrected chi connectivity index (χ2v) is 5.84. The number of hydrogen-bond acceptors (Lipinski definition) is 4. The van der Waals surface area contributed by atoms with Gasteiger partial charge in [0.05, 0.1) is 11.1 Å². The average Bonchev–Trinajstić information content (AvgIpc) is 3.20. The molecule has 2 aromatic rings. The Hall–Kier alpha value is -2.39. The van der Waals surface area contributed by atoms with Gasteiger partial charge in [0.25, 0.3) is 5.91 Å². The second-order valence-electron chi connectivity index (χ2n) is 5.84. The molecule has 4 heterocycles. The summed E-state index contributed by atoms with van der Waals surface area (Å²) < 4.78 is 1.75. The number of nitriles is 1. The van der Waals surface area contributed by atoms with E-state index in [1.54, 1.807) is 29.1 Å². The zero-order valence-electron chi connectivity index (χ0n) is 11.5. The molecule has 4 rings (SSSR count). The Kier molecular flexibility index (Phi) is 2.69. The molecule has 1 amide bonds. The van der Waals surface area contributed by atoms with Crippen molar-refractivity contribution < 1.29 is 4.79 Å². The number of aromatic nitrogens is 2. The van der Waals surface area contributed by atoms with Gasteiger partial charge in [-0.05, 0) is 31.0 Å². The van der Waals surface area contributed by atoms with Crippen molar-refractivity contribution in [3.05, 3.63) is 35.9 Å². The molecular formula is C15H15N5O. The molecule has 2 unspecified atom stereocenters. The summed E-state index contributed by atoms with van der Waals surface area (Å²) in [6.07, 6.45) is 4.45. The van der Waals surface area contributed by atoms with Gasteiger partial charge < -0.3 is 14.6 Å². The van der Waals surface area contributed by atoms with Crippen molar-refractivity contribution in [1.82, 2.24) is 19.6 Å². The highest BCUT2D eigenvalue weighted by Gasteiger charge is 2.38. The number of fused-ring (bicyclic) bond motifs is 3. The lowest BCUT2D eigenvalue weighted by Crippen LogP contribution is -2.43. The Morgan fingerprint density at radius 2 is 2.33 bits per heavy atom. The van der Waals surface area contributed by atoms with Crippen LogP contribution in [0.4, 0.5) is 0 Å². The fraction of sp³-hybridized carbons (Fsp3) is 0.400. The van der Waals surface area contributed by atoms with Crippen LogP contribution in [0.25, 0.3) is 5.52 Å². The average molecular weight is 281 g/mol. The monoisotopic (exact) mass is 281 g/mol. The maximum atomic E-state index is 12.3. The molecule has 21 heavy (non-hydrogen) atoms. The van der Waals surface area contributed by atoms with Crippen LogP contribution in [-0.4, -0.2) is 45.9 Å². The molecule has 2 aliphatic heterocycles. The highest BCUT2D eigenvalue weighted by Crippen LogP contribution is 2.27. The number of amides is 1. The number of carbonyl (C=O) groups excluding carboxylic acids is 1. The van der Waals surface area contributed by atoms with Crippen LogP contribution in [0.5, 0.6) is 0 Å². The largest absolute Gasteiger partial charge is 0.346 e. The molecule has 106 valence electrons. The van der Waals surface area contributed by atoms with E-state index in [-0.39, 0.29) is 11.9 Å². The lowest BCUT2D eigenvalue weighted by atomic mass is 10.00. The third-order valence-corrected chi connectivity index (χ3v) is 4.50. The Bertz CT molecular complexity index is 759. The summed E-state index contributed by atoms with van der Waals surface area (Å²) in [7, 11) is 0. The second kappa shape index (κ2) is 4.57. The summed E-state index contributed by atoms with van der Waals surface area (Å²) >= 11 is 0. The van der Waals surface area contributed by atoms with E-state index in [1.165, 1.54) is 6.42 Å². The molecule has 0 aliphatic carbocycles. The zero-order chi connectivity index (χ0) is 14.4. The van der Waals surface area contributed by atoms with Gasteiger partial charge in [-0.25, -0.2) is 4.98 Å². The third-order valence-electron chi connectivity index (χ3n) is 4.50. The molecule has 1 N–H and O–H groups in total. The van der Waals surface area contributed by atoms with Gasteiger partial charge in [-0.2, -0.15) is 5.26 Å². The van der Waals surface area contributed by atoms with E-state index in [0.29, 0.717) is 17.2 Å². The lowest BCUT2D eigenvalue weighted by molar-refractivity contribution is 0.0919. The maximum absolute atomic E-state index is 12.3. The van der Waals surface area contributed by atoms with Crippen LogP contribution in [0.3, 0.4) is 0 Å². The highest BCUT2D eigenvalue weighted by atomic mass is 16.2. The SMILES string of the molecule is N#Cc1cc2cc(C(=O)NC3CN4CC[C@H]3C4)ncn2c1. The van der Waals surface area contributed by atoms with Gasteiger partial charge in [-0.15, -0.1) is 0 Å². The Morgan fingerprint density at radius 3 is 3.05 bits per heavy atom. The third kappa shape index (κ3) is 2.06. The molecule has 0 saturated carbocycles. The molecule has 2 aromatic heterocycles. The van der Waals surface area contributed by atoms with E-state index >= 15 is 0 Å². The summed E-state index contributed by atoms with van der Waals surface area (Å²) in [5.41, 5.74) is 1.78. The standard InChI is InChI=1S/C15H15N5O/c16-5-10-3-12-4-13(17-9-20(12)6-10)15(21)18-14-8-19-2-1-11(14)7-19/h3-4,6,9,11,14H,1-2,7-8H2,(H,18,21)/t11-,14?/m0/s1. The molecule has 2 aliphatic rings. The van der Waals surface area contributed by atoms with Gasteiger partial charge in [0, 0.05) is 25.3 Å². The molecule has 2 saturated heterocycles. The molecule has 0 aromatic carbocycles. The number of carbonyl (C=O) groups is 1. The predicted octanol–water partition coefficient (Wildman–Crippen LogP) is 0.640. The van der Waals surface area contributed by atoms with Crippen LogP contribution in [-0.2, 0) is 0 Å². The van der Waals surface area contributed by atoms with Gasteiger partial charge in [-0.3, -0.25) is 4.79 Å². The number of hydrogen-bond donors (Lipinski definition) is 1. The summed E-state index contributed by atoms with van der Waals surface area (Å²) in [5, 5.41) is 12.0. The minimum Gasteiger partial charge on any atom is -0.346 e. The highest BCUT2D eigenvalue weighted by molar-refractivity contribution is 5.93. The zero-order valence-corrected chi connectivity index (χ0v) is 11.5. The van der Waals surface area contributed by atoms with Crippen molar-refractivity contribution in [2.45, 2.75) is 12.5 Å². The quantitative estimate of drug-likeness (QED) is 0.876. The topological polar surface area (TPSA) is 73.4 Å². The molecule has 0 spiro atoms. The fourth-order valence-corrected chi connectivity index (χ4v) is 3.39. The van der Waals surface area contributed by atoms with Gasteiger partial charge in [0.2, 0.25) is 0 Å². The van der Waals surface area contributed by atoms with E-state index in [9.17, 15) is 4.79 Å². The predicted molar refractivity (Wildman–Crippen MR) is 75.7 cm³/mol. The molecule has 2 bridgehead atoms. The van der Waals surface area contributed by atoms with Gasteiger partial charge >= 0.3 is 0 Å². The lowest BCUT2D eigenvalue weighted by Gasteiger charge is -2.22. The molecule has 6 heteroatoms. The molecule has 6 nitrogen and oxygen atoms in total. The van der Waals surface area contributed by atoms with E-state index in [4.69, 9.17) is 5.26 Å². The molecule has 0 radical (unpaired) electrons. The molecule has 2 fully saturated rings. The van der Waals surface area contributed by atoms with Crippen LogP contribution in [0.2, 0.25) is 0 Å². The molecule has 3 atom stereocenters. The summed E-state index contributed by atoms with van der Waals surface area (Å²) in [5.74, 6) is 0.451. The maximum Gasteiger partial charge on any atom is 0.270 e. The van der Waals surface area contributed by atoms with Gasteiger partial charge in [0.15, 0.2) is 0 Å². The van der Waals surface area contributed by atoms with Crippen LogP contribution < -0.4 is 5.32 Å². The number of piperidine rings is 1. The fourth-order valence-electron chi connectivity index (χ4n) is 3.39. The minimum absolute atomic E-state index is 0.129. The van der Waals surface area contributed by atoms with Gasteiger partial charge in [0.1, 0.15) is 18.1 Å². The van der Waals surface area contributed by atoms with Crippen molar-refractivity contribution in [2.75, 3.05) is 19.6 Å². The van der Waals surface area contributed by atoms with Crippen molar-refractivity contribution in [2.24, 2.45) is 5.92 Å². The van der Waals surface area contributed by atoms with Crippen molar-refractivity contribution in [3.63, 3.8) is 0 Å². The number of rotatable bonds is 2. The Balaban J connectivity index is 1.55. The molecular weight excluding hydrogens is 266 g/mol. The van der Waals surface area contributed by atoms with Crippen LogP contribution in [0, 0.1) is 17.2 Å². The summed E-state index contributed by atoms with van der Waals surface area (Å²) in [6.45, 7) is 3.20. The number of nitrogens with one attached hydrogen (secondary N) is 1. The Labute approximate surface area is 122 Å². The van der Waals surface area contributed by atoms with Crippen molar-refractivity contribution >= 4 is 11.4 Å². The van der Waals surface area contributed by atoms with Gasteiger partial charge in [-0.1, -0.05) is 0 Å². The first-order valence-corrected chi connectivity index (χ1v) is 7.14. The first kappa shape index (κ1) is 12.4. The number of nitrogens with zero attached hydrogens (tertiary/aromatic N) is 4.